The molecule has 0 bridgehead atoms. The Kier molecular flexibility index (Phi) is 7.00. The van der Waals surface area contributed by atoms with Crippen LogP contribution < -0.4 is 10.5 Å². The quantitative estimate of drug-likeness (QED) is 0.694. The van der Waals surface area contributed by atoms with Crippen LogP contribution in [0.2, 0.25) is 5.02 Å². The summed E-state index contributed by atoms with van der Waals surface area (Å²) in [6.45, 7) is 3.05. The van der Waals surface area contributed by atoms with E-state index in [4.69, 9.17) is 22.1 Å². The number of anilines is 1. The number of methoxy groups -OCH3 is 1. The standard InChI is InChI=1S/C22H29ClN2O2/c1-27-20-6-5-17(21(24)15-20)13-16-7-10-25(11-8-16)12-9-22(26)18-3-2-4-19(23)14-18/h2-6,14-16,22,26H,7-13,24H2,1H3. The predicted octanol–water partition coefficient (Wildman–Crippen LogP) is 4.31. The Hall–Kier alpha value is -1.75. The molecule has 0 spiro atoms. The molecular weight excluding hydrogens is 360 g/mol. The topological polar surface area (TPSA) is 58.7 Å². The Morgan fingerprint density at radius 1 is 1.22 bits per heavy atom. The van der Waals surface area contributed by atoms with Crippen molar-refractivity contribution in [2.75, 3.05) is 32.5 Å². The molecule has 0 radical (unpaired) electrons. The molecule has 5 heteroatoms. The van der Waals surface area contributed by atoms with Gasteiger partial charge in [-0.05, 0) is 74.0 Å². The van der Waals surface area contributed by atoms with Gasteiger partial charge in [0.1, 0.15) is 5.75 Å². The lowest BCUT2D eigenvalue weighted by atomic mass is 9.89. The SMILES string of the molecule is COc1ccc(CC2CCN(CCC(O)c3cccc(Cl)c3)CC2)c(N)c1. The van der Waals surface area contributed by atoms with Crippen molar-refractivity contribution < 1.29 is 9.84 Å². The summed E-state index contributed by atoms with van der Waals surface area (Å²) in [7, 11) is 1.66. The van der Waals surface area contributed by atoms with E-state index in [0.29, 0.717) is 10.9 Å². The summed E-state index contributed by atoms with van der Waals surface area (Å²) in [6, 6.07) is 13.5. The molecule has 1 atom stereocenters. The Bertz CT molecular complexity index is 745. The zero-order valence-corrected chi connectivity index (χ0v) is 16.7. The largest absolute Gasteiger partial charge is 0.497 e. The van der Waals surface area contributed by atoms with E-state index in [1.165, 1.54) is 18.4 Å². The number of aliphatic hydroxyl groups is 1. The van der Waals surface area contributed by atoms with E-state index in [-0.39, 0.29) is 0 Å². The van der Waals surface area contributed by atoms with Gasteiger partial charge in [0.15, 0.2) is 0 Å². The van der Waals surface area contributed by atoms with Gasteiger partial charge < -0.3 is 20.5 Å². The van der Waals surface area contributed by atoms with E-state index < -0.39 is 6.10 Å². The maximum atomic E-state index is 10.4. The number of nitrogens with two attached hydrogens (primary N) is 1. The third kappa shape index (κ3) is 5.61. The molecule has 1 unspecified atom stereocenters. The second-order valence-electron chi connectivity index (χ2n) is 7.41. The highest BCUT2D eigenvalue weighted by Gasteiger charge is 2.21. The highest BCUT2D eigenvalue weighted by atomic mass is 35.5. The zero-order chi connectivity index (χ0) is 19.2. The molecule has 3 rings (SSSR count). The van der Waals surface area contributed by atoms with Gasteiger partial charge in [0.25, 0.3) is 0 Å². The number of aliphatic hydroxyl groups excluding tert-OH is 1. The van der Waals surface area contributed by atoms with E-state index in [2.05, 4.69) is 11.0 Å². The van der Waals surface area contributed by atoms with Crippen molar-refractivity contribution in [1.29, 1.82) is 0 Å². The number of hydrogen-bond acceptors (Lipinski definition) is 4. The minimum Gasteiger partial charge on any atom is -0.497 e. The number of hydrogen-bond donors (Lipinski definition) is 2. The first-order chi connectivity index (χ1) is 13.0. The Morgan fingerprint density at radius 3 is 2.67 bits per heavy atom. The van der Waals surface area contributed by atoms with Crippen LogP contribution in [0.4, 0.5) is 5.69 Å². The molecule has 4 nitrogen and oxygen atoms in total. The number of nitrogens with zero attached hydrogens (tertiary/aromatic N) is 1. The van der Waals surface area contributed by atoms with Gasteiger partial charge in [0.05, 0.1) is 13.2 Å². The lowest BCUT2D eigenvalue weighted by molar-refractivity contribution is 0.123. The van der Waals surface area contributed by atoms with Gasteiger partial charge in [-0.25, -0.2) is 0 Å². The normalized spacial score (nSPS) is 17.0. The summed E-state index contributed by atoms with van der Waals surface area (Å²) >= 11 is 6.01. The molecule has 0 aromatic heterocycles. The molecule has 0 aliphatic carbocycles. The Morgan fingerprint density at radius 2 is 2.00 bits per heavy atom. The lowest BCUT2D eigenvalue weighted by Crippen LogP contribution is -2.35. The minimum atomic E-state index is -0.458. The van der Waals surface area contributed by atoms with E-state index in [1.54, 1.807) is 7.11 Å². The third-order valence-corrected chi connectivity index (χ3v) is 5.76. The van der Waals surface area contributed by atoms with Gasteiger partial charge in [0.2, 0.25) is 0 Å². The Labute approximate surface area is 166 Å². The molecule has 146 valence electrons. The van der Waals surface area contributed by atoms with Gasteiger partial charge in [0, 0.05) is 23.3 Å². The van der Waals surface area contributed by atoms with Crippen molar-refractivity contribution in [2.24, 2.45) is 5.92 Å². The van der Waals surface area contributed by atoms with E-state index in [1.807, 2.05) is 36.4 Å². The van der Waals surface area contributed by atoms with Crippen LogP contribution in [0.15, 0.2) is 42.5 Å². The van der Waals surface area contributed by atoms with Crippen molar-refractivity contribution in [3.8, 4) is 5.75 Å². The molecule has 2 aromatic rings. The number of ether oxygens (including phenoxy) is 1. The van der Waals surface area contributed by atoms with Crippen LogP contribution in [0.5, 0.6) is 5.75 Å². The fourth-order valence-electron chi connectivity index (χ4n) is 3.80. The van der Waals surface area contributed by atoms with E-state index in [9.17, 15) is 5.11 Å². The van der Waals surface area contributed by atoms with Crippen LogP contribution in [-0.4, -0.2) is 36.8 Å². The maximum absolute atomic E-state index is 10.4. The zero-order valence-electron chi connectivity index (χ0n) is 15.9. The number of nitrogen functional groups attached to an aromatic ring is 1. The van der Waals surface area contributed by atoms with Gasteiger partial charge in [-0.15, -0.1) is 0 Å². The van der Waals surface area contributed by atoms with Crippen LogP contribution >= 0.6 is 11.6 Å². The summed E-state index contributed by atoms with van der Waals surface area (Å²) in [5.74, 6) is 1.47. The van der Waals surface area contributed by atoms with E-state index >= 15 is 0 Å². The Balaban J connectivity index is 1.44. The van der Waals surface area contributed by atoms with Gasteiger partial charge in [-0.2, -0.15) is 0 Å². The van der Waals surface area contributed by atoms with Crippen LogP contribution in [0.25, 0.3) is 0 Å². The highest BCUT2D eigenvalue weighted by Crippen LogP contribution is 2.27. The molecule has 1 aliphatic heterocycles. The maximum Gasteiger partial charge on any atom is 0.120 e. The number of benzene rings is 2. The van der Waals surface area contributed by atoms with Crippen LogP contribution in [0, 0.1) is 5.92 Å². The number of halogens is 1. The molecule has 0 saturated carbocycles. The average molecular weight is 389 g/mol. The molecule has 1 heterocycles. The van der Waals surface area contributed by atoms with Crippen molar-refractivity contribution in [3.05, 3.63) is 58.6 Å². The summed E-state index contributed by atoms with van der Waals surface area (Å²) in [5, 5.41) is 11.1. The van der Waals surface area contributed by atoms with Crippen molar-refractivity contribution in [1.82, 2.24) is 4.90 Å². The molecule has 1 saturated heterocycles. The first-order valence-electron chi connectivity index (χ1n) is 9.63. The monoisotopic (exact) mass is 388 g/mol. The number of likely N-dealkylation sites (tertiary alicyclic amines) is 1. The van der Waals surface area contributed by atoms with Crippen LogP contribution in [-0.2, 0) is 6.42 Å². The molecule has 3 N–H and O–H groups in total. The number of piperidine rings is 1. The minimum absolute atomic E-state index is 0.458. The molecule has 1 aliphatic rings. The van der Waals surface area contributed by atoms with Crippen LogP contribution in [0.1, 0.15) is 36.5 Å². The van der Waals surface area contributed by atoms with E-state index in [0.717, 1.165) is 49.5 Å². The van der Waals surface area contributed by atoms with Gasteiger partial charge in [-0.1, -0.05) is 29.8 Å². The van der Waals surface area contributed by atoms with Gasteiger partial charge in [-0.3, -0.25) is 0 Å². The third-order valence-electron chi connectivity index (χ3n) is 5.52. The fourth-order valence-corrected chi connectivity index (χ4v) is 4.00. The molecular formula is C22H29ClN2O2. The predicted molar refractivity (Wildman–Crippen MR) is 111 cm³/mol. The summed E-state index contributed by atoms with van der Waals surface area (Å²) in [6.07, 6.45) is 3.63. The smallest absolute Gasteiger partial charge is 0.120 e. The molecule has 2 aromatic carbocycles. The second kappa shape index (κ2) is 9.45. The first kappa shape index (κ1) is 20.0. The highest BCUT2D eigenvalue weighted by molar-refractivity contribution is 6.30. The lowest BCUT2D eigenvalue weighted by Gasteiger charge is -2.32. The summed E-state index contributed by atoms with van der Waals surface area (Å²) < 4.78 is 5.22. The van der Waals surface area contributed by atoms with Crippen molar-refractivity contribution >= 4 is 17.3 Å². The number of rotatable bonds is 7. The first-order valence-corrected chi connectivity index (χ1v) is 10.0. The fraction of sp³-hybridized carbons (Fsp3) is 0.455. The van der Waals surface area contributed by atoms with Crippen LogP contribution in [0.3, 0.4) is 0 Å². The van der Waals surface area contributed by atoms with Crippen molar-refractivity contribution in [3.63, 3.8) is 0 Å². The molecule has 0 amide bonds. The van der Waals surface area contributed by atoms with Gasteiger partial charge >= 0.3 is 0 Å². The summed E-state index contributed by atoms with van der Waals surface area (Å²) in [5.41, 5.74) is 9.09. The summed E-state index contributed by atoms with van der Waals surface area (Å²) in [4.78, 5) is 2.45. The van der Waals surface area contributed by atoms with Crippen molar-refractivity contribution in [2.45, 2.75) is 31.8 Å². The average Bonchev–Trinajstić information content (AvgIpc) is 2.68. The second-order valence-corrected chi connectivity index (χ2v) is 7.85. The molecule has 1 fully saturated rings. The molecule has 27 heavy (non-hydrogen) atoms.